The van der Waals surface area contributed by atoms with E-state index in [0.29, 0.717) is 11.8 Å². The van der Waals surface area contributed by atoms with Crippen LogP contribution in [0.4, 0.5) is 0 Å². The van der Waals surface area contributed by atoms with Crippen molar-refractivity contribution in [2.24, 2.45) is 11.8 Å². The van der Waals surface area contributed by atoms with Gasteiger partial charge in [-0.15, -0.1) is 11.6 Å². The van der Waals surface area contributed by atoms with E-state index >= 15 is 0 Å². The molecule has 1 heterocycles. The Bertz CT molecular complexity index is 225. The highest BCUT2D eigenvalue weighted by Gasteiger charge is 2.43. The molecule has 0 spiro atoms. The Labute approximate surface area is 76.5 Å². The molecule has 1 aliphatic heterocycles. The lowest BCUT2D eigenvalue weighted by molar-refractivity contribution is -0.144. The summed E-state index contributed by atoms with van der Waals surface area (Å²) in [5.74, 6) is 0.800. The molecule has 3 atom stereocenters. The third-order valence-corrected chi connectivity index (χ3v) is 2.83. The van der Waals surface area contributed by atoms with Gasteiger partial charge in [0.05, 0.1) is 5.92 Å². The monoisotopic (exact) mass is 186 g/mol. The maximum absolute atomic E-state index is 11.3. The number of hydrogen-bond donors (Lipinski definition) is 0. The molecular weight excluding hydrogens is 176 g/mol. The SMILES string of the molecule is O=C1OC2CC=CC2C1CCCl. The van der Waals surface area contributed by atoms with E-state index in [1.165, 1.54) is 0 Å². The lowest BCUT2D eigenvalue weighted by Crippen LogP contribution is -2.15. The molecule has 0 bridgehead atoms. The average Bonchev–Trinajstić information content (AvgIpc) is 2.56. The zero-order valence-corrected chi connectivity index (χ0v) is 7.46. The van der Waals surface area contributed by atoms with E-state index in [4.69, 9.17) is 16.3 Å². The summed E-state index contributed by atoms with van der Waals surface area (Å²) in [6, 6.07) is 0. The van der Waals surface area contributed by atoms with Crippen LogP contribution in [0.3, 0.4) is 0 Å². The quantitative estimate of drug-likeness (QED) is 0.373. The predicted octanol–water partition coefficient (Wildman–Crippen LogP) is 1.73. The summed E-state index contributed by atoms with van der Waals surface area (Å²) >= 11 is 5.61. The van der Waals surface area contributed by atoms with Gasteiger partial charge in [0.1, 0.15) is 6.10 Å². The van der Waals surface area contributed by atoms with E-state index in [2.05, 4.69) is 12.2 Å². The number of hydrogen-bond acceptors (Lipinski definition) is 2. The molecule has 3 heteroatoms. The van der Waals surface area contributed by atoms with Crippen molar-refractivity contribution < 1.29 is 9.53 Å². The van der Waals surface area contributed by atoms with Crippen LogP contribution in [0, 0.1) is 11.8 Å². The van der Waals surface area contributed by atoms with Crippen molar-refractivity contribution in [2.75, 3.05) is 5.88 Å². The van der Waals surface area contributed by atoms with Crippen molar-refractivity contribution in [3.63, 3.8) is 0 Å². The van der Waals surface area contributed by atoms with Gasteiger partial charge < -0.3 is 4.74 Å². The van der Waals surface area contributed by atoms with Crippen LogP contribution in [-0.2, 0) is 9.53 Å². The van der Waals surface area contributed by atoms with E-state index < -0.39 is 0 Å². The molecule has 0 aromatic carbocycles. The van der Waals surface area contributed by atoms with Crippen LogP contribution in [0.1, 0.15) is 12.8 Å². The summed E-state index contributed by atoms with van der Waals surface area (Å²) in [5, 5.41) is 0. The van der Waals surface area contributed by atoms with Gasteiger partial charge in [-0.1, -0.05) is 12.2 Å². The van der Waals surface area contributed by atoms with Crippen molar-refractivity contribution in [3.8, 4) is 0 Å². The van der Waals surface area contributed by atoms with Crippen molar-refractivity contribution in [1.82, 2.24) is 0 Å². The second kappa shape index (κ2) is 3.09. The van der Waals surface area contributed by atoms with E-state index in [0.717, 1.165) is 12.8 Å². The van der Waals surface area contributed by atoms with E-state index in [1.807, 2.05) is 0 Å². The van der Waals surface area contributed by atoms with E-state index in [9.17, 15) is 4.79 Å². The number of esters is 1. The smallest absolute Gasteiger partial charge is 0.310 e. The van der Waals surface area contributed by atoms with Crippen molar-refractivity contribution in [3.05, 3.63) is 12.2 Å². The molecule has 3 unspecified atom stereocenters. The second-order valence-corrected chi connectivity index (χ2v) is 3.68. The molecule has 1 saturated heterocycles. The molecular formula is C9H11ClO2. The summed E-state index contributed by atoms with van der Waals surface area (Å²) in [5.41, 5.74) is 0. The average molecular weight is 187 g/mol. The summed E-state index contributed by atoms with van der Waals surface area (Å²) < 4.78 is 5.19. The van der Waals surface area contributed by atoms with E-state index in [1.54, 1.807) is 0 Å². The first-order chi connectivity index (χ1) is 5.83. The predicted molar refractivity (Wildman–Crippen MR) is 46.0 cm³/mol. The Kier molecular flexibility index (Phi) is 2.09. The maximum Gasteiger partial charge on any atom is 0.310 e. The topological polar surface area (TPSA) is 26.3 Å². The van der Waals surface area contributed by atoms with Crippen LogP contribution in [-0.4, -0.2) is 18.0 Å². The van der Waals surface area contributed by atoms with Crippen LogP contribution < -0.4 is 0 Å². The van der Waals surface area contributed by atoms with Crippen molar-refractivity contribution in [1.29, 1.82) is 0 Å². The molecule has 0 aromatic heterocycles. The highest BCUT2D eigenvalue weighted by atomic mass is 35.5. The molecule has 2 nitrogen and oxygen atoms in total. The summed E-state index contributed by atoms with van der Waals surface area (Å²) in [6.45, 7) is 0. The Morgan fingerprint density at radius 3 is 3.25 bits per heavy atom. The first-order valence-electron chi connectivity index (χ1n) is 4.26. The number of alkyl halides is 1. The van der Waals surface area contributed by atoms with Crippen LogP contribution in [0.5, 0.6) is 0 Å². The molecule has 0 amide bonds. The molecule has 12 heavy (non-hydrogen) atoms. The molecule has 0 aromatic rings. The highest BCUT2D eigenvalue weighted by molar-refractivity contribution is 6.18. The van der Waals surface area contributed by atoms with Gasteiger partial charge >= 0.3 is 5.97 Å². The largest absolute Gasteiger partial charge is 0.461 e. The number of rotatable bonds is 2. The van der Waals surface area contributed by atoms with Crippen molar-refractivity contribution in [2.45, 2.75) is 18.9 Å². The number of halogens is 1. The Morgan fingerprint density at radius 1 is 1.67 bits per heavy atom. The minimum Gasteiger partial charge on any atom is -0.461 e. The molecule has 0 N–H and O–H groups in total. The zero-order chi connectivity index (χ0) is 8.55. The molecule has 2 aliphatic rings. The summed E-state index contributed by atoms with van der Waals surface area (Å²) in [4.78, 5) is 11.3. The Hall–Kier alpha value is -0.500. The Morgan fingerprint density at radius 2 is 2.50 bits per heavy atom. The van der Waals surface area contributed by atoms with Gasteiger partial charge in [-0.05, 0) is 6.42 Å². The van der Waals surface area contributed by atoms with Gasteiger partial charge in [0.2, 0.25) is 0 Å². The summed E-state index contributed by atoms with van der Waals surface area (Å²) in [7, 11) is 0. The molecule has 66 valence electrons. The molecule has 1 aliphatic carbocycles. The molecule has 0 radical (unpaired) electrons. The first kappa shape index (κ1) is 8.11. The third-order valence-electron chi connectivity index (χ3n) is 2.61. The summed E-state index contributed by atoms with van der Waals surface area (Å²) in [6.07, 6.45) is 5.92. The number of carbonyl (C=O) groups is 1. The van der Waals surface area contributed by atoms with Gasteiger partial charge in [-0.3, -0.25) is 4.79 Å². The second-order valence-electron chi connectivity index (χ2n) is 3.30. The lowest BCUT2D eigenvalue weighted by Gasteiger charge is -2.09. The van der Waals surface area contributed by atoms with Crippen LogP contribution in [0.15, 0.2) is 12.2 Å². The highest BCUT2D eigenvalue weighted by Crippen LogP contribution is 2.37. The Balaban J connectivity index is 2.10. The minimum atomic E-state index is -0.0602. The number of ether oxygens (including phenoxy) is 1. The van der Waals surface area contributed by atoms with Gasteiger partial charge in [-0.25, -0.2) is 0 Å². The molecule has 2 rings (SSSR count). The van der Waals surface area contributed by atoms with Gasteiger partial charge in [0.15, 0.2) is 0 Å². The number of carbonyl (C=O) groups excluding carboxylic acids is 1. The van der Waals surface area contributed by atoms with Gasteiger partial charge in [0, 0.05) is 18.2 Å². The zero-order valence-electron chi connectivity index (χ0n) is 6.70. The third kappa shape index (κ3) is 1.14. The minimum absolute atomic E-state index is 0.0197. The van der Waals surface area contributed by atoms with Gasteiger partial charge in [0.25, 0.3) is 0 Å². The van der Waals surface area contributed by atoms with Crippen molar-refractivity contribution >= 4 is 17.6 Å². The van der Waals surface area contributed by atoms with Crippen LogP contribution >= 0.6 is 11.6 Å². The fourth-order valence-corrected chi connectivity index (χ4v) is 2.23. The molecule has 0 saturated carbocycles. The molecule has 1 fully saturated rings. The normalized spacial score (nSPS) is 38.4. The maximum atomic E-state index is 11.3. The fraction of sp³-hybridized carbons (Fsp3) is 0.667. The lowest BCUT2D eigenvalue weighted by atomic mass is 9.91. The standard InChI is InChI=1S/C9H11ClO2/c10-5-4-7-6-2-1-3-8(6)12-9(7)11/h1-2,6-8H,3-5H2. The van der Waals surface area contributed by atoms with Gasteiger partial charge in [-0.2, -0.15) is 0 Å². The van der Waals surface area contributed by atoms with E-state index in [-0.39, 0.29) is 18.0 Å². The van der Waals surface area contributed by atoms with Crippen LogP contribution in [0.2, 0.25) is 0 Å². The first-order valence-corrected chi connectivity index (χ1v) is 4.79. The number of fused-ring (bicyclic) bond motifs is 1. The fourth-order valence-electron chi connectivity index (χ4n) is 1.99. The van der Waals surface area contributed by atoms with Crippen LogP contribution in [0.25, 0.3) is 0 Å².